The zero-order valence-electron chi connectivity index (χ0n) is 16.2. The molecule has 0 unspecified atom stereocenters. The van der Waals surface area contributed by atoms with Gasteiger partial charge in [0, 0.05) is 32.9 Å². The lowest BCUT2D eigenvalue weighted by Gasteiger charge is -2.18. The van der Waals surface area contributed by atoms with Crippen LogP contribution in [0.25, 0.3) is 6.08 Å². The highest BCUT2D eigenvalue weighted by atomic mass is 32.1. The highest BCUT2D eigenvalue weighted by molar-refractivity contribution is 7.80. The average molecular weight is 396 g/mol. The minimum atomic E-state index is -0.0829. The van der Waals surface area contributed by atoms with Crippen LogP contribution in [0.1, 0.15) is 17.5 Å². The fourth-order valence-corrected chi connectivity index (χ4v) is 3.38. The second kappa shape index (κ2) is 8.99. The van der Waals surface area contributed by atoms with E-state index in [-0.39, 0.29) is 12.5 Å². The lowest BCUT2D eigenvalue weighted by molar-refractivity contribution is -0.122. The van der Waals surface area contributed by atoms with E-state index < -0.39 is 0 Å². The first-order valence-corrected chi connectivity index (χ1v) is 9.69. The largest absolute Gasteiger partial charge is 0.396 e. The third kappa shape index (κ3) is 4.40. The Labute approximate surface area is 171 Å². The molecule has 0 saturated carbocycles. The molecule has 3 rings (SSSR count). The summed E-state index contributed by atoms with van der Waals surface area (Å²) in [7, 11) is 3.82. The predicted molar refractivity (Wildman–Crippen MR) is 117 cm³/mol. The SMILES string of the molecule is CN1C(=S)N(Cc2ccccc2)C(=O)/C1=C\c1ccc(N(C)CCCO)cc1. The van der Waals surface area contributed by atoms with E-state index in [0.29, 0.717) is 17.4 Å². The summed E-state index contributed by atoms with van der Waals surface area (Å²) in [6, 6.07) is 17.9. The number of nitrogens with zero attached hydrogens (tertiary/aromatic N) is 3. The van der Waals surface area contributed by atoms with Crippen LogP contribution >= 0.6 is 12.2 Å². The summed E-state index contributed by atoms with van der Waals surface area (Å²) in [5.41, 5.74) is 3.63. The molecule has 1 saturated heterocycles. The van der Waals surface area contributed by atoms with Crippen molar-refractivity contribution in [1.82, 2.24) is 9.80 Å². The van der Waals surface area contributed by atoms with Gasteiger partial charge in [0.05, 0.1) is 6.54 Å². The van der Waals surface area contributed by atoms with Gasteiger partial charge in [-0.05, 0) is 48.0 Å². The van der Waals surface area contributed by atoms with Gasteiger partial charge < -0.3 is 14.9 Å². The number of rotatable bonds is 7. The summed E-state index contributed by atoms with van der Waals surface area (Å²) < 4.78 is 0. The zero-order valence-corrected chi connectivity index (χ0v) is 17.0. The van der Waals surface area contributed by atoms with E-state index in [1.54, 1.807) is 9.80 Å². The Bertz CT molecular complexity index is 865. The summed E-state index contributed by atoms with van der Waals surface area (Å²) in [6.45, 7) is 1.44. The number of thiocarbonyl (C=S) groups is 1. The summed E-state index contributed by atoms with van der Waals surface area (Å²) in [5, 5.41) is 9.48. The minimum Gasteiger partial charge on any atom is -0.396 e. The van der Waals surface area contributed by atoms with Crippen molar-refractivity contribution >= 4 is 35.0 Å². The summed E-state index contributed by atoms with van der Waals surface area (Å²) in [5.74, 6) is -0.0829. The highest BCUT2D eigenvalue weighted by Crippen LogP contribution is 2.25. The molecular weight excluding hydrogens is 370 g/mol. The maximum Gasteiger partial charge on any atom is 0.277 e. The van der Waals surface area contributed by atoms with Gasteiger partial charge in [-0.15, -0.1) is 0 Å². The van der Waals surface area contributed by atoms with Crippen LogP contribution in [-0.4, -0.2) is 53.2 Å². The molecule has 0 aliphatic carbocycles. The van der Waals surface area contributed by atoms with Gasteiger partial charge in [0.1, 0.15) is 5.70 Å². The molecule has 1 aliphatic rings. The van der Waals surface area contributed by atoms with Crippen molar-refractivity contribution in [1.29, 1.82) is 0 Å². The molecule has 0 aromatic heterocycles. The number of hydrogen-bond donors (Lipinski definition) is 1. The van der Waals surface area contributed by atoms with Crippen LogP contribution in [-0.2, 0) is 11.3 Å². The molecule has 1 fully saturated rings. The minimum absolute atomic E-state index is 0.0829. The smallest absolute Gasteiger partial charge is 0.277 e. The van der Waals surface area contributed by atoms with Crippen LogP contribution in [0.15, 0.2) is 60.3 Å². The van der Waals surface area contributed by atoms with Crippen LogP contribution in [0, 0.1) is 0 Å². The Morgan fingerprint density at radius 1 is 1.11 bits per heavy atom. The molecule has 2 aromatic carbocycles. The Morgan fingerprint density at radius 3 is 2.43 bits per heavy atom. The lowest BCUT2D eigenvalue weighted by atomic mass is 10.1. The fraction of sp³-hybridized carbons (Fsp3) is 0.273. The van der Waals surface area contributed by atoms with Crippen LogP contribution in [0.3, 0.4) is 0 Å². The number of aliphatic hydroxyl groups excluding tert-OH is 1. The number of anilines is 1. The van der Waals surface area contributed by atoms with Crippen molar-refractivity contribution in [2.75, 3.05) is 32.1 Å². The average Bonchev–Trinajstić information content (AvgIpc) is 2.91. The molecule has 0 spiro atoms. The maximum atomic E-state index is 12.9. The number of hydrogen-bond acceptors (Lipinski definition) is 4. The topological polar surface area (TPSA) is 47.0 Å². The molecule has 0 bridgehead atoms. The third-order valence-corrected chi connectivity index (χ3v) is 5.31. The number of carbonyl (C=O) groups is 1. The second-order valence-corrected chi connectivity index (χ2v) is 7.20. The number of benzene rings is 2. The fourth-order valence-electron chi connectivity index (χ4n) is 3.14. The number of likely N-dealkylation sites (N-methyl/N-ethyl adjacent to an activating group) is 1. The third-order valence-electron chi connectivity index (χ3n) is 4.82. The molecule has 1 aliphatic heterocycles. The first-order valence-electron chi connectivity index (χ1n) is 9.28. The zero-order chi connectivity index (χ0) is 20.1. The monoisotopic (exact) mass is 395 g/mol. The molecule has 1 N–H and O–H groups in total. The van der Waals surface area contributed by atoms with Crippen molar-refractivity contribution in [2.24, 2.45) is 0 Å². The van der Waals surface area contributed by atoms with E-state index in [0.717, 1.165) is 29.8 Å². The predicted octanol–water partition coefficient (Wildman–Crippen LogP) is 3.11. The highest BCUT2D eigenvalue weighted by Gasteiger charge is 2.35. The molecular formula is C22H25N3O2S. The van der Waals surface area contributed by atoms with Crippen molar-refractivity contribution in [3.63, 3.8) is 0 Å². The molecule has 1 amide bonds. The van der Waals surface area contributed by atoms with Gasteiger partial charge in [-0.3, -0.25) is 9.69 Å². The molecule has 28 heavy (non-hydrogen) atoms. The van der Waals surface area contributed by atoms with Crippen LogP contribution in [0.5, 0.6) is 0 Å². The molecule has 2 aromatic rings. The Morgan fingerprint density at radius 2 is 1.79 bits per heavy atom. The standard InChI is InChI=1S/C22H25N3O2S/c1-23(13-6-14-26)19-11-9-17(10-12-19)15-20-21(27)25(22(28)24(20)2)16-18-7-4-3-5-8-18/h3-5,7-12,15,26H,6,13-14,16H2,1-2H3/b20-15+. The first kappa shape index (κ1) is 20.0. The molecule has 5 nitrogen and oxygen atoms in total. The van der Waals surface area contributed by atoms with Crippen molar-refractivity contribution in [2.45, 2.75) is 13.0 Å². The number of carbonyl (C=O) groups excluding carboxylic acids is 1. The second-order valence-electron chi connectivity index (χ2n) is 6.84. The summed E-state index contributed by atoms with van der Waals surface area (Å²) in [4.78, 5) is 18.4. The van der Waals surface area contributed by atoms with E-state index in [4.69, 9.17) is 17.3 Å². The van der Waals surface area contributed by atoms with Gasteiger partial charge in [0.25, 0.3) is 5.91 Å². The van der Waals surface area contributed by atoms with Crippen molar-refractivity contribution in [3.05, 3.63) is 71.4 Å². The summed E-state index contributed by atoms with van der Waals surface area (Å²) >= 11 is 5.49. The van der Waals surface area contributed by atoms with Gasteiger partial charge in [-0.2, -0.15) is 0 Å². The molecule has 146 valence electrons. The van der Waals surface area contributed by atoms with E-state index >= 15 is 0 Å². The number of amides is 1. The molecule has 0 atom stereocenters. The first-order chi connectivity index (χ1) is 13.5. The van der Waals surface area contributed by atoms with E-state index in [9.17, 15) is 4.79 Å². The van der Waals surface area contributed by atoms with Gasteiger partial charge in [-0.25, -0.2) is 0 Å². The normalized spacial score (nSPS) is 15.6. The van der Waals surface area contributed by atoms with Crippen molar-refractivity contribution in [3.8, 4) is 0 Å². The lowest BCUT2D eigenvalue weighted by Crippen LogP contribution is -2.30. The molecule has 1 heterocycles. The van der Waals surface area contributed by atoms with Gasteiger partial charge in [0.15, 0.2) is 5.11 Å². The van der Waals surface area contributed by atoms with Crippen LogP contribution in [0.4, 0.5) is 5.69 Å². The maximum absolute atomic E-state index is 12.9. The van der Waals surface area contributed by atoms with Crippen LogP contribution in [0.2, 0.25) is 0 Å². The van der Waals surface area contributed by atoms with E-state index in [1.165, 1.54) is 0 Å². The Kier molecular flexibility index (Phi) is 6.44. The van der Waals surface area contributed by atoms with Gasteiger partial charge in [-0.1, -0.05) is 42.5 Å². The van der Waals surface area contributed by atoms with Crippen molar-refractivity contribution < 1.29 is 9.90 Å². The van der Waals surface area contributed by atoms with Crippen LogP contribution < -0.4 is 4.90 Å². The number of aliphatic hydroxyl groups is 1. The molecule has 6 heteroatoms. The summed E-state index contributed by atoms with van der Waals surface area (Å²) in [6.07, 6.45) is 2.60. The molecule has 0 radical (unpaired) electrons. The van der Waals surface area contributed by atoms with Gasteiger partial charge in [0.2, 0.25) is 0 Å². The Balaban J connectivity index is 1.76. The van der Waals surface area contributed by atoms with Gasteiger partial charge >= 0.3 is 0 Å². The Hall–Kier alpha value is -2.70. The van der Waals surface area contributed by atoms with E-state index in [2.05, 4.69) is 4.90 Å². The van der Waals surface area contributed by atoms with E-state index in [1.807, 2.05) is 74.8 Å². The quantitative estimate of drug-likeness (QED) is 0.577.